The number of ketones is 1. The van der Waals surface area contributed by atoms with Gasteiger partial charge in [0.05, 0.1) is 12.7 Å². The molecule has 0 amide bonds. The van der Waals surface area contributed by atoms with Gasteiger partial charge in [0.1, 0.15) is 0 Å². The number of esters is 1. The molecule has 4 nitrogen and oxygen atoms in total. The summed E-state index contributed by atoms with van der Waals surface area (Å²) in [7, 11) is 1.34. The van der Waals surface area contributed by atoms with Crippen molar-refractivity contribution in [2.24, 2.45) is 0 Å². The van der Waals surface area contributed by atoms with Crippen molar-refractivity contribution in [2.75, 3.05) is 7.11 Å². The number of halogens is 1. The highest BCUT2D eigenvalue weighted by Crippen LogP contribution is 2.39. The van der Waals surface area contributed by atoms with Crippen molar-refractivity contribution >= 4 is 23.4 Å². The Bertz CT molecular complexity index is 796. The summed E-state index contributed by atoms with van der Waals surface area (Å²) in [5, 5.41) is 0.418. The van der Waals surface area contributed by atoms with Crippen LogP contribution in [-0.2, 0) is 14.3 Å². The average molecular weight is 329 g/mol. The first kappa shape index (κ1) is 15.3. The first-order valence-corrected chi connectivity index (χ1v) is 7.34. The van der Waals surface area contributed by atoms with Crippen molar-refractivity contribution < 1.29 is 19.1 Å². The Balaban J connectivity index is 2.12. The molecule has 2 aromatic rings. The molecular formula is C18H13ClO4. The highest BCUT2D eigenvalue weighted by Gasteiger charge is 2.41. The Morgan fingerprint density at radius 3 is 2.39 bits per heavy atom. The van der Waals surface area contributed by atoms with Crippen molar-refractivity contribution in [3.63, 3.8) is 0 Å². The van der Waals surface area contributed by atoms with Crippen molar-refractivity contribution in [3.05, 3.63) is 82.1 Å². The summed E-state index contributed by atoms with van der Waals surface area (Å²) < 4.78 is 10.5. The second kappa shape index (κ2) is 6.26. The van der Waals surface area contributed by atoms with Crippen LogP contribution in [0, 0.1) is 0 Å². The van der Waals surface area contributed by atoms with Crippen LogP contribution in [0.25, 0.3) is 0 Å². The maximum absolute atomic E-state index is 12.8. The minimum absolute atomic E-state index is 0.0798. The van der Waals surface area contributed by atoms with Gasteiger partial charge in [-0.1, -0.05) is 60.1 Å². The number of Topliss-reactive ketones (excluding diaryl/α,β-unsaturated/α-hetero) is 1. The van der Waals surface area contributed by atoms with Gasteiger partial charge in [-0.05, 0) is 6.07 Å². The normalized spacial score (nSPS) is 17.1. The topological polar surface area (TPSA) is 52.6 Å². The van der Waals surface area contributed by atoms with Gasteiger partial charge in [-0.2, -0.15) is 0 Å². The summed E-state index contributed by atoms with van der Waals surface area (Å²) in [5.41, 5.74) is 1.16. The highest BCUT2D eigenvalue weighted by molar-refractivity contribution is 6.31. The minimum atomic E-state index is -0.876. The maximum atomic E-state index is 12.8. The molecule has 0 N–H and O–H groups in total. The molecule has 1 heterocycles. The van der Waals surface area contributed by atoms with Gasteiger partial charge in [-0.3, -0.25) is 4.79 Å². The number of carbonyl (C=O) groups is 2. The molecule has 0 aromatic heterocycles. The number of rotatable bonds is 4. The number of benzene rings is 2. The molecule has 1 aliphatic rings. The van der Waals surface area contributed by atoms with Crippen LogP contribution in [0.3, 0.4) is 0 Å². The second-order valence-corrected chi connectivity index (χ2v) is 5.36. The second-order valence-electron chi connectivity index (χ2n) is 4.95. The fourth-order valence-electron chi connectivity index (χ4n) is 2.52. The molecule has 23 heavy (non-hydrogen) atoms. The van der Waals surface area contributed by atoms with Crippen LogP contribution >= 0.6 is 11.6 Å². The smallest absolute Gasteiger partial charge is 0.375 e. The fraction of sp³-hybridized carbons (Fsp3) is 0.111. The molecule has 0 aliphatic carbocycles. The van der Waals surface area contributed by atoms with E-state index in [1.807, 2.05) is 6.07 Å². The molecule has 0 bridgehead atoms. The van der Waals surface area contributed by atoms with Crippen LogP contribution in [0.4, 0.5) is 0 Å². The largest absolute Gasteiger partial charge is 0.489 e. The van der Waals surface area contributed by atoms with Gasteiger partial charge in [0.25, 0.3) is 0 Å². The van der Waals surface area contributed by atoms with E-state index < -0.39 is 12.1 Å². The number of methoxy groups -OCH3 is 1. The predicted molar refractivity (Wildman–Crippen MR) is 85.1 cm³/mol. The van der Waals surface area contributed by atoms with Crippen molar-refractivity contribution in [2.45, 2.75) is 6.10 Å². The average Bonchev–Trinajstić information content (AvgIpc) is 2.91. The van der Waals surface area contributed by atoms with E-state index in [-0.39, 0.29) is 17.1 Å². The van der Waals surface area contributed by atoms with Crippen LogP contribution in [-0.4, -0.2) is 18.9 Å². The third-order valence-corrected chi connectivity index (χ3v) is 3.93. The van der Waals surface area contributed by atoms with Gasteiger partial charge >= 0.3 is 5.97 Å². The molecule has 0 saturated carbocycles. The van der Waals surface area contributed by atoms with Gasteiger partial charge < -0.3 is 9.47 Å². The number of cyclic esters (lactones) is 1. The van der Waals surface area contributed by atoms with Crippen LogP contribution in [0.2, 0.25) is 5.02 Å². The molecule has 2 aromatic carbocycles. The van der Waals surface area contributed by atoms with E-state index in [0.717, 1.165) is 0 Å². The number of hydrogen-bond donors (Lipinski definition) is 0. The summed E-state index contributed by atoms with van der Waals surface area (Å²) >= 11 is 6.19. The summed E-state index contributed by atoms with van der Waals surface area (Å²) in [6.07, 6.45) is -0.876. The molecule has 1 atom stereocenters. The summed E-state index contributed by atoms with van der Waals surface area (Å²) in [6.45, 7) is 0. The standard InChI is InChI=1S/C18H13ClO4/c1-22-17-14(15(20)11-7-3-2-4-8-11)16(23-18(17)21)12-9-5-6-10-13(12)19/h2-10,16H,1H3. The molecule has 0 radical (unpaired) electrons. The molecule has 1 aliphatic heterocycles. The van der Waals surface area contributed by atoms with Gasteiger partial charge in [0.15, 0.2) is 11.9 Å². The molecule has 0 spiro atoms. The third kappa shape index (κ3) is 2.73. The Morgan fingerprint density at radius 1 is 1.09 bits per heavy atom. The van der Waals surface area contributed by atoms with Gasteiger partial charge in [-0.15, -0.1) is 0 Å². The van der Waals surface area contributed by atoms with Crippen LogP contribution in [0.5, 0.6) is 0 Å². The predicted octanol–water partition coefficient (Wildman–Crippen LogP) is 3.72. The number of hydrogen-bond acceptors (Lipinski definition) is 4. The first-order valence-electron chi connectivity index (χ1n) is 6.96. The SMILES string of the molecule is COC1=C(C(=O)c2ccccc2)C(c2ccccc2Cl)OC1=O. The Kier molecular flexibility index (Phi) is 4.17. The Labute approximate surface area is 138 Å². The zero-order valence-electron chi connectivity index (χ0n) is 12.3. The molecule has 5 heteroatoms. The molecule has 0 saturated heterocycles. The Hall–Kier alpha value is -2.59. The zero-order valence-corrected chi connectivity index (χ0v) is 13.0. The lowest BCUT2D eigenvalue weighted by atomic mass is 9.94. The summed E-state index contributed by atoms with van der Waals surface area (Å²) in [5.74, 6) is -1.07. The van der Waals surface area contributed by atoms with Gasteiger partial charge in [0, 0.05) is 16.1 Å². The molecular weight excluding hydrogens is 316 g/mol. The zero-order chi connectivity index (χ0) is 16.4. The van der Waals surface area contributed by atoms with E-state index in [1.165, 1.54) is 7.11 Å². The van der Waals surface area contributed by atoms with E-state index in [2.05, 4.69) is 0 Å². The monoisotopic (exact) mass is 328 g/mol. The van der Waals surface area contributed by atoms with Crippen LogP contribution < -0.4 is 0 Å². The molecule has 116 valence electrons. The first-order chi connectivity index (χ1) is 11.1. The Morgan fingerprint density at radius 2 is 1.74 bits per heavy atom. The van der Waals surface area contributed by atoms with Crippen molar-refractivity contribution in [1.82, 2.24) is 0 Å². The van der Waals surface area contributed by atoms with Gasteiger partial charge in [-0.25, -0.2) is 4.79 Å². The quantitative estimate of drug-likeness (QED) is 0.634. The van der Waals surface area contributed by atoms with Crippen LogP contribution in [0.15, 0.2) is 65.9 Å². The van der Waals surface area contributed by atoms with E-state index in [1.54, 1.807) is 48.5 Å². The van der Waals surface area contributed by atoms with E-state index in [4.69, 9.17) is 21.1 Å². The lowest BCUT2D eigenvalue weighted by molar-refractivity contribution is -0.142. The van der Waals surface area contributed by atoms with Gasteiger partial charge in [0.2, 0.25) is 5.76 Å². The molecule has 0 fully saturated rings. The van der Waals surface area contributed by atoms with E-state index >= 15 is 0 Å². The number of ether oxygens (including phenoxy) is 2. The lowest BCUT2D eigenvalue weighted by Crippen LogP contribution is -2.12. The fourth-order valence-corrected chi connectivity index (χ4v) is 2.75. The summed E-state index contributed by atoms with van der Waals surface area (Å²) in [4.78, 5) is 24.9. The summed E-state index contributed by atoms with van der Waals surface area (Å²) in [6, 6.07) is 15.6. The van der Waals surface area contributed by atoms with E-state index in [0.29, 0.717) is 16.1 Å². The van der Waals surface area contributed by atoms with Crippen LogP contribution in [0.1, 0.15) is 22.0 Å². The lowest BCUT2D eigenvalue weighted by Gasteiger charge is -2.14. The molecule has 1 unspecified atom stereocenters. The third-order valence-electron chi connectivity index (χ3n) is 3.59. The van der Waals surface area contributed by atoms with E-state index in [9.17, 15) is 9.59 Å². The highest BCUT2D eigenvalue weighted by atomic mass is 35.5. The van der Waals surface area contributed by atoms with Crippen molar-refractivity contribution in [3.8, 4) is 0 Å². The maximum Gasteiger partial charge on any atom is 0.375 e. The number of carbonyl (C=O) groups excluding carboxylic acids is 2. The minimum Gasteiger partial charge on any atom is -0.489 e. The molecule has 3 rings (SSSR count). The van der Waals surface area contributed by atoms with Crippen molar-refractivity contribution in [1.29, 1.82) is 0 Å².